The van der Waals surface area contributed by atoms with Crippen molar-refractivity contribution in [3.8, 4) is 0 Å². The van der Waals surface area contributed by atoms with E-state index in [1.54, 1.807) is 0 Å². The molecule has 1 amide bonds. The third-order valence-corrected chi connectivity index (χ3v) is 2.90. The number of hydrogen-bond acceptors (Lipinski definition) is 3. The molecule has 0 heterocycles. The summed E-state index contributed by atoms with van der Waals surface area (Å²) >= 11 is 0. The Hall–Kier alpha value is -1.39. The van der Waals surface area contributed by atoms with Crippen LogP contribution in [0.4, 0.5) is 0 Å². The highest BCUT2D eigenvalue weighted by molar-refractivity contribution is 5.78. The molecule has 0 radical (unpaired) electrons. The maximum absolute atomic E-state index is 11.8. The summed E-state index contributed by atoms with van der Waals surface area (Å²) in [5.41, 5.74) is 7.96. The number of benzene rings is 1. The smallest absolute Gasteiger partial charge is 0.234 e. The largest absolute Gasteiger partial charge is 0.353 e. The highest BCUT2D eigenvalue weighted by atomic mass is 16.2. The third-order valence-electron chi connectivity index (χ3n) is 2.90. The highest BCUT2D eigenvalue weighted by Gasteiger charge is 2.10. The van der Waals surface area contributed by atoms with E-state index in [2.05, 4.69) is 29.3 Å². The molecule has 4 nitrogen and oxygen atoms in total. The molecule has 0 aliphatic rings. The van der Waals surface area contributed by atoms with E-state index < -0.39 is 0 Å². The van der Waals surface area contributed by atoms with Crippen molar-refractivity contribution in [2.24, 2.45) is 5.73 Å². The molecule has 0 bridgehead atoms. The molecule has 106 valence electrons. The van der Waals surface area contributed by atoms with Crippen molar-refractivity contribution in [2.45, 2.75) is 39.9 Å². The predicted octanol–water partition coefficient (Wildman–Crippen LogP) is 1.49. The van der Waals surface area contributed by atoms with E-state index in [1.807, 2.05) is 26.0 Å². The molecule has 1 rings (SSSR count). The van der Waals surface area contributed by atoms with Crippen molar-refractivity contribution in [1.82, 2.24) is 10.2 Å². The summed E-state index contributed by atoms with van der Waals surface area (Å²) < 4.78 is 0. The standard InChI is InChI=1S/C15H25N3O/c1-4-18(11-15(19)17-12(2)3)10-14-7-5-6-13(8-14)9-16/h5-8,12H,4,9-11,16H2,1-3H3,(H,17,19). The first-order chi connectivity index (χ1) is 9.05. The van der Waals surface area contributed by atoms with Crippen LogP contribution in [-0.2, 0) is 17.9 Å². The molecule has 19 heavy (non-hydrogen) atoms. The molecule has 3 N–H and O–H groups in total. The van der Waals surface area contributed by atoms with E-state index in [-0.39, 0.29) is 11.9 Å². The second-order valence-corrected chi connectivity index (χ2v) is 5.05. The lowest BCUT2D eigenvalue weighted by Gasteiger charge is -2.21. The van der Waals surface area contributed by atoms with Crippen LogP contribution in [0.5, 0.6) is 0 Å². The van der Waals surface area contributed by atoms with E-state index in [0.717, 1.165) is 18.7 Å². The van der Waals surface area contributed by atoms with Gasteiger partial charge in [0.15, 0.2) is 0 Å². The van der Waals surface area contributed by atoms with Gasteiger partial charge in [0.1, 0.15) is 0 Å². The van der Waals surface area contributed by atoms with Crippen LogP contribution in [0.2, 0.25) is 0 Å². The van der Waals surface area contributed by atoms with Crippen LogP contribution in [-0.4, -0.2) is 29.9 Å². The predicted molar refractivity (Wildman–Crippen MR) is 78.6 cm³/mol. The van der Waals surface area contributed by atoms with Gasteiger partial charge >= 0.3 is 0 Å². The zero-order valence-electron chi connectivity index (χ0n) is 12.1. The summed E-state index contributed by atoms with van der Waals surface area (Å²) in [6.45, 7) is 8.61. The van der Waals surface area contributed by atoms with Crippen LogP contribution >= 0.6 is 0 Å². The third kappa shape index (κ3) is 5.85. The van der Waals surface area contributed by atoms with Crippen molar-refractivity contribution in [3.63, 3.8) is 0 Å². The molecule has 0 unspecified atom stereocenters. The number of rotatable bonds is 7. The van der Waals surface area contributed by atoms with Crippen molar-refractivity contribution in [1.29, 1.82) is 0 Å². The Bertz CT molecular complexity index is 404. The number of nitrogens with zero attached hydrogens (tertiary/aromatic N) is 1. The van der Waals surface area contributed by atoms with Gasteiger partial charge in [-0.05, 0) is 31.5 Å². The normalized spacial score (nSPS) is 11.1. The number of likely N-dealkylation sites (N-methyl/N-ethyl adjacent to an activating group) is 1. The lowest BCUT2D eigenvalue weighted by atomic mass is 10.1. The maximum atomic E-state index is 11.8. The molecular weight excluding hydrogens is 238 g/mol. The average Bonchev–Trinajstić information content (AvgIpc) is 2.37. The zero-order valence-corrected chi connectivity index (χ0v) is 12.1. The number of amides is 1. The Kier molecular flexibility index (Phi) is 6.53. The fourth-order valence-corrected chi connectivity index (χ4v) is 1.96. The quantitative estimate of drug-likeness (QED) is 0.783. The molecule has 0 aliphatic heterocycles. The topological polar surface area (TPSA) is 58.4 Å². The minimum absolute atomic E-state index is 0.0758. The molecule has 1 aromatic rings. The molecule has 1 aromatic carbocycles. The van der Waals surface area contributed by atoms with Crippen molar-refractivity contribution in [2.75, 3.05) is 13.1 Å². The molecule has 0 fully saturated rings. The fraction of sp³-hybridized carbons (Fsp3) is 0.533. The maximum Gasteiger partial charge on any atom is 0.234 e. The lowest BCUT2D eigenvalue weighted by Crippen LogP contribution is -2.39. The van der Waals surface area contributed by atoms with E-state index in [9.17, 15) is 4.79 Å². The van der Waals surface area contributed by atoms with Gasteiger partial charge in [-0.2, -0.15) is 0 Å². The molecule has 0 saturated heterocycles. The second kappa shape index (κ2) is 7.92. The van der Waals surface area contributed by atoms with Crippen LogP contribution in [0.1, 0.15) is 31.9 Å². The van der Waals surface area contributed by atoms with Crippen LogP contribution in [0, 0.1) is 0 Å². The van der Waals surface area contributed by atoms with E-state index in [1.165, 1.54) is 5.56 Å². The molecule has 0 spiro atoms. The van der Waals surface area contributed by atoms with Crippen molar-refractivity contribution in [3.05, 3.63) is 35.4 Å². The van der Waals surface area contributed by atoms with Gasteiger partial charge in [0.2, 0.25) is 5.91 Å². The Morgan fingerprint density at radius 3 is 2.63 bits per heavy atom. The van der Waals surface area contributed by atoms with Gasteiger partial charge in [-0.25, -0.2) is 0 Å². The minimum Gasteiger partial charge on any atom is -0.353 e. The summed E-state index contributed by atoms with van der Waals surface area (Å²) in [6.07, 6.45) is 0. The number of nitrogens with one attached hydrogen (secondary N) is 1. The number of hydrogen-bond donors (Lipinski definition) is 2. The minimum atomic E-state index is 0.0758. The molecule has 0 saturated carbocycles. The van der Waals surface area contributed by atoms with Crippen LogP contribution in [0.15, 0.2) is 24.3 Å². The van der Waals surface area contributed by atoms with Gasteiger partial charge in [-0.3, -0.25) is 9.69 Å². The van der Waals surface area contributed by atoms with Crippen molar-refractivity contribution >= 4 is 5.91 Å². The summed E-state index contributed by atoms with van der Waals surface area (Å²) in [6, 6.07) is 8.39. The average molecular weight is 263 g/mol. The summed E-state index contributed by atoms with van der Waals surface area (Å²) in [5.74, 6) is 0.0758. The summed E-state index contributed by atoms with van der Waals surface area (Å²) in [5, 5.41) is 2.92. The second-order valence-electron chi connectivity index (χ2n) is 5.05. The van der Waals surface area contributed by atoms with Gasteiger partial charge in [0.25, 0.3) is 0 Å². The van der Waals surface area contributed by atoms with E-state index >= 15 is 0 Å². The fourth-order valence-electron chi connectivity index (χ4n) is 1.96. The number of nitrogens with two attached hydrogens (primary N) is 1. The van der Waals surface area contributed by atoms with Crippen LogP contribution in [0.3, 0.4) is 0 Å². The molecular formula is C15H25N3O. The zero-order chi connectivity index (χ0) is 14.3. The Morgan fingerprint density at radius 1 is 1.37 bits per heavy atom. The van der Waals surface area contributed by atoms with Gasteiger partial charge in [0.05, 0.1) is 6.54 Å². The molecule has 4 heteroatoms. The first kappa shape index (κ1) is 15.7. The Morgan fingerprint density at radius 2 is 2.05 bits per heavy atom. The molecule has 0 aliphatic carbocycles. The summed E-state index contributed by atoms with van der Waals surface area (Å²) in [7, 11) is 0. The molecule has 0 atom stereocenters. The first-order valence-corrected chi connectivity index (χ1v) is 6.84. The van der Waals surface area contributed by atoms with Gasteiger partial charge in [0, 0.05) is 19.1 Å². The molecule has 0 aromatic heterocycles. The van der Waals surface area contributed by atoms with E-state index in [4.69, 9.17) is 5.73 Å². The van der Waals surface area contributed by atoms with E-state index in [0.29, 0.717) is 13.1 Å². The Balaban J connectivity index is 2.58. The number of carbonyl (C=O) groups is 1. The van der Waals surface area contributed by atoms with Crippen LogP contribution < -0.4 is 11.1 Å². The SMILES string of the molecule is CCN(CC(=O)NC(C)C)Cc1cccc(CN)c1. The van der Waals surface area contributed by atoms with Gasteiger partial charge < -0.3 is 11.1 Å². The highest BCUT2D eigenvalue weighted by Crippen LogP contribution is 2.08. The Labute approximate surface area is 116 Å². The lowest BCUT2D eigenvalue weighted by molar-refractivity contribution is -0.122. The van der Waals surface area contributed by atoms with Crippen molar-refractivity contribution < 1.29 is 4.79 Å². The van der Waals surface area contributed by atoms with Crippen LogP contribution in [0.25, 0.3) is 0 Å². The monoisotopic (exact) mass is 263 g/mol. The van der Waals surface area contributed by atoms with Gasteiger partial charge in [-0.15, -0.1) is 0 Å². The summed E-state index contributed by atoms with van der Waals surface area (Å²) in [4.78, 5) is 13.9. The first-order valence-electron chi connectivity index (χ1n) is 6.84. The van der Waals surface area contributed by atoms with Gasteiger partial charge in [-0.1, -0.05) is 31.2 Å². The number of carbonyl (C=O) groups excluding carboxylic acids is 1.